The second-order valence-corrected chi connectivity index (χ2v) is 15.0. The Bertz CT molecular complexity index is 3140. The molecule has 0 bridgehead atoms. The van der Waals surface area contributed by atoms with Crippen LogP contribution in [0.2, 0.25) is 0 Å². The number of allylic oxidation sites excluding steroid dienone is 1. The largest absolute Gasteiger partial charge is 0.455 e. The summed E-state index contributed by atoms with van der Waals surface area (Å²) in [5.41, 5.74) is 11.1. The van der Waals surface area contributed by atoms with E-state index in [4.69, 9.17) is 4.42 Å². The zero-order valence-electron chi connectivity index (χ0n) is 31.1. The first-order valence-corrected chi connectivity index (χ1v) is 19.5. The highest BCUT2D eigenvalue weighted by molar-refractivity contribution is 6.21. The van der Waals surface area contributed by atoms with Gasteiger partial charge in [-0.15, -0.1) is 0 Å². The van der Waals surface area contributed by atoms with Crippen LogP contribution in [0.3, 0.4) is 0 Å². The van der Waals surface area contributed by atoms with Gasteiger partial charge in [-0.3, -0.25) is 0 Å². The first-order chi connectivity index (χ1) is 27.7. The Hall–Kier alpha value is -7.10. The Morgan fingerprint density at radius 2 is 0.946 bits per heavy atom. The van der Waals surface area contributed by atoms with Crippen LogP contribution in [-0.4, -0.2) is 0 Å². The normalized spacial score (nSPS) is 13.8. The summed E-state index contributed by atoms with van der Waals surface area (Å²) < 4.78 is 7.04. The molecule has 3 heteroatoms. The summed E-state index contributed by atoms with van der Waals surface area (Å²) >= 11 is 0. The number of furan rings is 1. The van der Waals surface area contributed by atoms with Crippen LogP contribution in [0.15, 0.2) is 192 Å². The van der Waals surface area contributed by atoms with E-state index in [1.54, 1.807) is 0 Å². The second kappa shape index (κ2) is 13.0. The summed E-state index contributed by atoms with van der Waals surface area (Å²) in [5, 5.41) is 9.60. The van der Waals surface area contributed by atoms with E-state index < -0.39 is 0 Å². The Labute approximate surface area is 326 Å². The molecule has 0 fully saturated rings. The summed E-state index contributed by atoms with van der Waals surface area (Å²) in [5.74, 6) is 0.355. The molecule has 266 valence electrons. The SMILES string of the molecule is CC1CC=Cc2c1c1cc(N(c3ccccc3)c3ccc4ccccc4c3)ccc1c1oc3cc(N(c4ccccc4)c4ccc5ccccc5c4)ccc3c21. The van der Waals surface area contributed by atoms with Gasteiger partial charge in [0.1, 0.15) is 11.2 Å². The van der Waals surface area contributed by atoms with E-state index in [-0.39, 0.29) is 0 Å². The number of hydrogen-bond donors (Lipinski definition) is 0. The molecule has 0 radical (unpaired) electrons. The van der Waals surface area contributed by atoms with E-state index in [1.807, 2.05) is 0 Å². The van der Waals surface area contributed by atoms with Crippen LogP contribution in [0.1, 0.15) is 30.4 Å². The molecular weight excluding hydrogens is 681 g/mol. The van der Waals surface area contributed by atoms with Crippen molar-refractivity contribution in [1.29, 1.82) is 0 Å². The maximum atomic E-state index is 7.04. The third-order valence-electron chi connectivity index (χ3n) is 11.6. The van der Waals surface area contributed by atoms with E-state index >= 15 is 0 Å². The Kier molecular flexibility index (Phi) is 7.53. The molecule has 0 saturated heterocycles. The zero-order chi connectivity index (χ0) is 37.2. The van der Waals surface area contributed by atoms with E-state index in [0.29, 0.717) is 5.92 Å². The Balaban J connectivity index is 1.12. The van der Waals surface area contributed by atoms with Crippen molar-refractivity contribution in [3.63, 3.8) is 0 Å². The van der Waals surface area contributed by atoms with Crippen molar-refractivity contribution in [3.8, 4) is 0 Å². The molecule has 3 nitrogen and oxygen atoms in total. The maximum absolute atomic E-state index is 7.04. The molecule has 0 amide bonds. The van der Waals surface area contributed by atoms with Crippen molar-refractivity contribution < 1.29 is 4.42 Å². The minimum Gasteiger partial charge on any atom is -0.455 e. The monoisotopic (exact) mass is 718 g/mol. The molecule has 9 aromatic carbocycles. The summed E-state index contributed by atoms with van der Waals surface area (Å²) in [6.07, 6.45) is 5.66. The number of benzene rings is 9. The lowest BCUT2D eigenvalue weighted by atomic mass is 9.82. The van der Waals surface area contributed by atoms with Crippen molar-refractivity contribution in [1.82, 2.24) is 0 Å². The van der Waals surface area contributed by atoms with Gasteiger partial charge in [0.25, 0.3) is 0 Å². The van der Waals surface area contributed by atoms with E-state index in [2.05, 4.69) is 211 Å². The molecular formula is C53H38N2O. The van der Waals surface area contributed by atoms with Gasteiger partial charge in [-0.25, -0.2) is 0 Å². The van der Waals surface area contributed by atoms with Gasteiger partial charge in [-0.05, 0) is 129 Å². The molecule has 1 atom stereocenters. The molecule has 10 aromatic rings. The molecule has 0 spiro atoms. The smallest absolute Gasteiger partial charge is 0.143 e. The van der Waals surface area contributed by atoms with Crippen molar-refractivity contribution in [2.45, 2.75) is 19.3 Å². The van der Waals surface area contributed by atoms with Crippen molar-refractivity contribution in [3.05, 3.63) is 199 Å². The standard InChI is InChI=1S/C53H38N2O/c1-35-13-12-22-48-51(35)49-33-44(54(40-18-4-2-5-19-40)42-25-23-36-14-8-10-16-38(36)31-42)27-29-46(49)53-52(48)47-30-28-45(34-50(47)56-53)55(41-20-6-3-7-21-41)43-26-24-37-15-9-11-17-39(37)32-43/h2-12,14-35H,13H2,1H3. The molecule has 56 heavy (non-hydrogen) atoms. The molecule has 1 aromatic heterocycles. The van der Waals surface area contributed by atoms with Gasteiger partial charge in [0.05, 0.1) is 0 Å². The zero-order valence-corrected chi connectivity index (χ0v) is 31.1. The van der Waals surface area contributed by atoms with Crippen molar-refractivity contribution in [2.24, 2.45) is 0 Å². The third-order valence-corrected chi connectivity index (χ3v) is 11.6. The maximum Gasteiger partial charge on any atom is 0.143 e. The second-order valence-electron chi connectivity index (χ2n) is 15.0. The fraction of sp³-hybridized carbons (Fsp3) is 0.0566. The molecule has 11 rings (SSSR count). The van der Waals surface area contributed by atoms with Gasteiger partial charge in [-0.1, -0.05) is 116 Å². The minimum atomic E-state index is 0.355. The first-order valence-electron chi connectivity index (χ1n) is 19.5. The summed E-state index contributed by atoms with van der Waals surface area (Å²) in [4.78, 5) is 4.70. The molecule has 0 aliphatic heterocycles. The summed E-state index contributed by atoms with van der Waals surface area (Å²) in [7, 11) is 0. The summed E-state index contributed by atoms with van der Waals surface area (Å²) in [6.45, 7) is 2.36. The van der Waals surface area contributed by atoms with E-state index in [0.717, 1.165) is 62.5 Å². The van der Waals surface area contributed by atoms with Crippen LogP contribution in [-0.2, 0) is 0 Å². The average molecular weight is 719 g/mol. The molecule has 1 aliphatic rings. The molecule has 0 saturated carbocycles. The molecule has 0 N–H and O–H groups in total. The highest BCUT2D eigenvalue weighted by atomic mass is 16.3. The topological polar surface area (TPSA) is 19.6 Å². The van der Waals surface area contributed by atoms with Crippen LogP contribution in [0.4, 0.5) is 34.1 Å². The van der Waals surface area contributed by atoms with Crippen molar-refractivity contribution >= 4 is 94.5 Å². The fourth-order valence-electron chi connectivity index (χ4n) is 8.95. The predicted molar refractivity (Wildman–Crippen MR) is 238 cm³/mol. The van der Waals surface area contributed by atoms with Gasteiger partial charge >= 0.3 is 0 Å². The number of para-hydroxylation sites is 2. The van der Waals surface area contributed by atoms with Crippen LogP contribution in [0.5, 0.6) is 0 Å². The first kappa shape index (κ1) is 32.3. The predicted octanol–water partition coefficient (Wildman–Crippen LogP) is 15.5. The number of anilines is 6. The third kappa shape index (κ3) is 5.27. The minimum absolute atomic E-state index is 0.355. The van der Waals surface area contributed by atoms with Gasteiger partial charge in [-0.2, -0.15) is 0 Å². The Morgan fingerprint density at radius 1 is 0.446 bits per heavy atom. The summed E-state index contributed by atoms with van der Waals surface area (Å²) in [6, 6.07) is 65.5. The highest BCUT2D eigenvalue weighted by Crippen LogP contribution is 2.48. The number of nitrogens with zero attached hydrogens (tertiary/aromatic N) is 2. The van der Waals surface area contributed by atoms with E-state index in [9.17, 15) is 0 Å². The Morgan fingerprint density at radius 3 is 1.55 bits per heavy atom. The van der Waals surface area contributed by atoms with Gasteiger partial charge in [0, 0.05) is 56.3 Å². The quantitative estimate of drug-likeness (QED) is 0.171. The number of hydrogen-bond acceptors (Lipinski definition) is 3. The van der Waals surface area contributed by atoms with E-state index in [1.165, 1.54) is 43.4 Å². The molecule has 1 unspecified atom stereocenters. The van der Waals surface area contributed by atoms with Crippen LogP contribution >= 0.6 is 0 Å². The molecule has 1 aliphatic carbocycles. The van der Waals surface area contributed by atoms with Crippen LogP contribution in [0.25, 0.3) is 60.3 Å². The average Bonchev–Trinajstić information content (AvgIpc) is 3.64. The van der Waals surface area contributed by atoms with Crippen LogP contribution in [0, 0.1) is 0 Å². The highest BCUT2D eigenvalue weighted by Gasteiger charge is 2.26. The fourth-order valence-corrected chi connectivity index (χ4v) is 8.95. The van der Waals surface area contributed by atoms with Crippen LogP contribution < -0.4 is 9.80 Å². The van der Waals surface area contributed by atoms with Crippen molar-refractivity contribution in [2.75, 3.05) is 9.80 Å². The lowest BCUT2D eigenvalue weighted by Crippen LogP contribution is -2.10. The molecule has 1 heterocycles. The number of rotatable bonds is 6. The van der Waals surface area contributed by atoms with Gasteiger partial charge in [0.15, 0.2) is 0 Å². The lowest BCUT2D eigenvalue weighted by Gasteiger charge is -2.27. The number of fused-ring (bicyclic) bond motifs is 10. The lowest BCUT2D eigenvalue weighted by molar-refractivity contribution is 0.672. The van der Waals surface area contributed by atoms with Gasteiger partial charge in [0.2, 0.25) is 0 Å². The van der Waals surface area contributed by atoms with Gasteiger partial charge < -0.3 is 14.2 Å².